The number of hydrogen-bond donors (Lipinski definition) is 2. The van der Waals surface area contributed by atoms with Gasteiger partial charge in [-0.15, -0.1) is 0 Å². The van der Waals surface area contributed by atoms with Crippen LogP contribution in [0.3, 0.4) is 0 Å². The zero-order valence-electron chi connectivity index (χ0n) is 12.2. The number of carbonyl (C=O) groups excluding carboxylic acids is 1. The molecule has 3 atom stereocenters. The predicted octanol–water partition coefficient (Wildman–Crippen LogP) is 1.73. The Balaban J connectivity index is 2.19. The van der Waals surface area contributed by atoms with E-state index in [1.54, 1.807) is 6.08 Å². The van der Waals surface area contributed by atoms with Gasteiger partial charge in [0.1, 0.15) is 11.7 Å². The third-order valence-electron chi connectivity index (χ3n) is 4.25. The average Bonchev–Trinajstić information content (AvgIpc) is 2.38. The van der Waals surface area contributed by atoms with Gasteiger partial charge in [-0.05, 0) is 31.6 Å². The molecule has 0 bridgehead atoms. The van der Waals surface area contributed by atoms with Crippen molar-refractivity contribution in [3.05, 3.63) is 23.5 Å². The number of nitrogens with one attached hydrogen (secondary N) is 1. The standard InChI is InChI=1S/C15H22N2O3/c1-4-11-9(2)7-17(8-10(11)3)13-6-5-12(15(19)20)16-14(13)18/h6-7,10-12H,4-5,8H2,1-3H3,(H,16,18)(H,19,20). The van der Waals surface area contributed by atoms with Crippen LogP contribution in [0.5, 0.6) is 0 Å². The SMILES string of the molecule is CCC1C(C)=CN(C2=CCC(C(=O)O)NC2=O)CC1C. The van der Waals surface area contributed by atoms with E-state index in [4.69, 9.17) is 5.11 Å². The minimum Gasteiger partial charge on any atom is -0.480 e. The monoisotopic (exact) mass is 278 g/mol. The van der Waals surface area contributed by atoms with Gasteiger partial charge in [0, 0.05) is 12.7 Å². The molecule has 0 aromatic carbocycles. The van der Waals surface area contributed by atoms with Gasteiger partial charge in [0.2, 0.25) is 0 Å². The first-order chi connectivity index (χ1) is 9.43. The zero-order chi connectivity index (χ0) is 14.9. The fourth-order valence-corrected chi connectivity index (χ4v) is 3.20. The Labute approximate surface area is 119 Å². The minimum atomic E-state index is -0.988. The van der Waals surface area contributed by atoms with E-state index < -0.39 is 12.0 Å². The van der Waals surface area contributed by atoms with E-state index >= 15 is 0 Å². The molecule has 2 aliphatic heterocycles. The summed E-state index contributed by atoms with van der Waals surface area (Å²) in [5.74, 6) is -0.241. The van der Waals surface area contributed by atoms with Gasteiger partial charge in [0.05, 0.1) is 0 Å². The van der Waals surface area contributed by atoms with Crippen LogP contribution in [0.1, 0.15) is 33.6 Å². The third-order valence-corrected chi connectivity index (χ3v) is 4.25. The lowest BCUT2D eigenvalue weighted by Gasteiger charge is -2.37. The Kier molecular flexibility index (Phi) is 4.16. The molecule has 0 fully saturated rings. The van der Waals surface area contributed by atoms with Gasteiger partial charge in [0.25, 0.3) is 5.91 Å². The second kappa shape index (κ2) is 5.69. The number of carboxylic acid groups (broad SMARTS) is 1. The molecule has 1 amide bonds. The Bertz CT molecular complexity index is 482. The number of nitrogens with zero attached hydrogens (tertiary/aromatic N) is 1. The third kappa shape index (κ3) is 2.71. The van der Waals surface area contributed by atoms with Crippen molar-refractivity contribution in [2.45, 2.75) is 39.7 Å². The van der Waals surface area contributed by atoms with Crippen LogP contribution in [-0.4, -0.2) is 34.5 Å². The molecule has 0 spiro atoms. The topological polar surface area (TPSA) is 69.6 Å². The number of amides is 1. The van der Waals surface area contributed by atoms with Crippen LogP contribution >= 0.6 is 0 Å². The summed E-state index contributed by atoms with van der Waals surface area (Å²) in [6.07, 6.45) is 5.20. The van der Waals surface area contributed by atoms with Crippen LogP contribution in [0.2, 0.25) is 0 Å². The van der Waals surface area contributed by atoms with Crippen molar-refractivity contribution in [2.75, 3.05) is 6.54 Å². The summed E-state index contributed by atoms with van der Waals surface area (Å²) >= 11 is 0. The van der Waals surface area contributed by atoms with Gasteiger partial charge in [-0.3, -0.25) is 4.79 Å². The highest BCUT2D eigenvalue weighted by Gasteiger charge is 2.32. The number of rotatable bonds is 3. The Hall–Kier alpha value is -1.78. The summed E-state index contributed by atoms with van der Waals surface area (Å²) < 4.78 is 0. The lowest BCUT2D eigenvalue weighted by molar-refractivity contribution is -0.141. The van der Waals surface area contributed by atoms with Gasteiger partial charge < -0.3 is 15.3 Å². The lowest BCUT2D eigenvalue weighted by Crippen LogP contribution is -2.47. The quantitative estimate of drug-likeness (QED) is 0.825. The number of allylic oxidation sites excluding steroid dienone is 1. The van der Waals surface area contributed by atoms with Crippen molar-refractivity contribution in [1.29, 1.82) is 0 Å². The van der Waals surface area contributed by atoms with Gasteiger partial charge in [-0.25, -0.2) is 4.79 Å². The Morgan fingerprint density at radius 1 is 1.55 bits per heavy atom. The highest BCUT2D eigenvalue weighted by atomic mass is 16.4. The summed E-state index contributed by atoms with van der Waals surface area (Å²) in [5.41, 5.74) is 1.85. The molecule has 20 heavy (non-hydrogen) atoms. The maximum atomic E-state index is 12.1. The van der Waals surface area contributed by atoms with Crippen LogP contribution in [0, 0.1) is 11.8 Å². The first kappa shape index (κ1) is 14.6. The second-order valence-electron chi connectivity index (χ2n) is 5.71. The van der Waals surface area contributed by atoms with Crippen LogP contribution in [0.15, 0.2) is 23.5 Å². The molecule has 0 radical (unpaired) electrons. The average molecular weight is 278 g/mol. The molecule has 0 aromatic heterocycles. The summed E-state index contributed by atoms with van der Waals surface area (Å²) in [4.78, 5) is 24.9. The highest BCUT2D eigenvalue weighted by Crippen LogP contribution is 2.31. The van der Waals surface area contributed by atoms with E-state index in [1.165, 1.54) is 5.57 Å². The maximum Gasteiger partial charge on any atom is 0.326 e. The largest absolute Gasteiger partial charge is 0.480 e. The van der Waals surface area contributed by atoms with E-state index in [9.17, 15) is 9.59 Å². The van der Waals surface area contributed by atoms with Crippen molar-refractivity contribution in [2.24, 2.45) is 11.8 Å². The Morgan fingerprint density at radius 2 is 2.25 bits per heavy atom. The van der Waals surface area contributed by atoms with E-state index in [0.717, 1.165) is 13.0 Å². The Morgan fingerprint density at radius 3 is 2.75 bits per heavy atom. The molecule has 2 aliphatic rings. The maximum absolute atomic E-state index is 12.1. The fourth-order valence-electron chi connectivity index (χ4n) is 3.20. The molecular weight excluding hydrogens is 256 g/mol. The number of aliphatic carboxylic acids is 1. The summed E-state index contributed by atoms with van der Waals surface area (Å²) in [6, 6.07) is -0.804. The van der Waals surface area contributed by atoms with E-state index in [-0.39, 0.29) is 5.91 Å². The minimum absolute atomic E-state index is 0.296. The van der Waals surface area contributed by atoms with Gasteiger partial charge in [0.15, 0.2) is 0 Å². The number of carbonyl (C=O) groups is 2. The lowest BCUT2D eigenvalue weighted by atomic mass is 9.83. The predicted molar refractivity (Wildman–Crippen MR) is 75.7 cm³/mol. The molecule has 5 heteroatoms. The molecule has 0 saturated heterocycles. The molecule has 5 nitrogen and oxygen atoms in total. The van der Waals surface area contributed by atoms with Crippen molar-refractivity contribution in [3.8, 4) is 0 Å². The fraction of sp³-hybridized carbons (Fsp3) is 0.600. The molecule has 0 saturated carbocycles. The number of carboxylic acids is 1. The van der Waals surface area contributed by atoms with Crippen LogP contribution < -0.4 is 5.32 Å². The molecule has 3 unspecified atom stereocenters. The van der Waals surface area contributed by atoms with Crippen LogP contribution in [-0.2, 0) is 9.59 Å². The summed E-state index contributed by atoms with van der Waals surface area (Å²) in [7, 11) is 0. The van der Waals surface area contributed by atoms with E-state index in [1.807, 2.05) is 11.1 Å². The normalized spacial score (nSPS) is 30.4. The molecule has 110 valence electrons. The van der Waals surface area contributed by atoms with Crippen molar-refractivity contribution >= 4 is 11.9 Å². The van der Waals surface area contributed by atoms with E-state index in [0.29, 0.717) is 24.0 Å². The molecule has 0 aliphatic carbocycles. The summed E-state index contributed by atoms with van der Waals surface area (Å²) in [6.45, 7) is 7.27. The van der Waals surface area contributed by atoms with Crippen molar-refractivity contribution < 1.29 is 14.7 Å². The first-order valence-corrected chi connectivity index (χ1v) is 7.12. The van der Waals surface area contributed by atoms with Crippen molar-refractivity contribution in [1.82, 2.24) is 10.2 Å². The van der Waals surface area contributed by atoms with Crippen LogP contribution in [0.25, 0.3) is 0 Å². The zero-order valence-corrected chi connectivity index (χ0v) is 12.2. The summed E-state index contributed by atoms with van der Waals surface area (Å²) in [5, 5.41) is 11.5. The highest BCUT2D eigenvalue weighted by molar-refractivity contribution is 5.97. The van der Waals surface area contributed by atoms with Crippen molar-refractivity contribution in [3.63, 3.8) is 0 Å². The van der Waals surface area contributed by atoms with Gasteiger partial charge in [-0.2, -0.15) is 0 Å². The molecular formula is C15H22N2O3. The first-order valence-electron chi connectivity index (χ1n) is 7.12. The molecule has 2 N–H and O–H groups in total. The van der Waals surface area contributed by atoms with Gasteiger partial charge in [-0.1, -0.05) is 25.5 Å². The number of hydrogen-bond acceptors (Lipinski definition) is 3. The molecule has 2 heterocycles. The van der Waals surface area contributed by atoms with Gasteiger partial charge >= 0.3 is 5.97 Å². The second-order valence-corrected chi connectivity index (χ2v) is 5.71. The van der Waals surface area contributed by atoms with Crippen LogP contribution in [0.4, 0.5) is 0 Å². The smallest absolute Gasteiger partial charge is 0.326 e. The van der Waals surface area contributed by atoms with E-state index in [2.05, 4.69) is 26.1 Å². The molecule has 0 aromatic rings. The molecule has 2 rings (SSSR count).